The number of hydrogen-bond acceptors (Lipinski definition) is 5. The molecule has 1 aromatic heterocycles. The van der Waals surface area contributed by atoms with Gasteiger partial charge in [0.2, 0.25) is 0 Å². The third kappa shape index (κ3) is 3.72. The number of phenols is 1. The Balaban J connectivity index is 2.21. The van der Waals surface area contributed by atoms with E-state index < -0.39 is 12.1 Å². The summed E-state index contributed by atoms with van der Waals surface area (Å²) in [7, 11) is 1.28. The predicted octanol–water partition coefficient (Wildman–Crippen LogP) is 3.16. The number of nitrogens with zero attached hydrogens (tertiary/aromatic N) is 1. The summed E-state index contributed by atoms with van der Waals surface area (Å²) >= 11 is 3.32. The topological polar surface area (TPSA) is 68.7 Å². The number of aromatic hydroxyl groups is 1. The fourth-order valence-corrected chi connectivity index (χ4v) is 1.96. The number of methoxy groups -OCH3 is 1. The van der Waals surface area contributed by atoms with Crippen molar-refractivity contribution in [1.29, 1.82) is 0 Å². The first-order valence-electron chi connectivity index (χ1n) is 6.20. The molecular weight excluding hydrogens is 338 g/mol. The molecule has 1 unspecified atom stereocenters. The number of pyridine rings is 1. The number of carbonyl (C=O) groups excluding carboxylic acids is 1. The van der Waals surface area contributed by atoms with Crippen molar-refractivity contribution in [1.82, 2.24) is 4.98 Å². The highest BCUT2D eigenvalue weighted by molar-refractivity contribution is 9.10. The SMILES string of the molecule is COC(=O)C(C)Oc1ccc(-c2ccc(Br)cn2)cc1O. The molecule has 0 amide bonds. The summed E-state index contributed by atoms with van der Waals surface area (Å²) in [6, 6.07) is 8.58. The number of hydrogen-bond donors (Lipinski definition) is 1. The van der Waals surface area contributed by atoms with Crippen molar-refractivity contribution in [3.05, 3.63) is 41.0 Å². The van der Waals surface area contributed by atoms with E-state index in [0.29, 0.717) is 0 Å². The summed E-state index contributed by atoms with van der Waals surface area (Å²) in [4.78, 5) is 15.6. The van der Waals surface area contributed by atoms with Crippen LogP contribution >= 0.6 is 15.9 Å². The van der Waals surface area contributed by atoms with E-state index in [-0.39, 0.29) is 11.5 Å². The van der Waals surface area contributed by atoms with Crippen molar-refractivity contribution in [3.63, 3.8) is 0 Å². The van der Waals surface area contributed by atoms with Gasteiger partial charge in [0.25, 0.3) is 0 Å². The molecule has 1 heterocycles. The zero-order valence-corrected chi connectivity index (χ0v) is 13.1. The zero-order chi connectivity index (χ0) is 15.4. The first-order valence-corrected chi connectivity index (χ1v) is 7.00. The van der Waals surface area contributed by atoms with Crippen LogP contribution in [0.1, 0.15) is 6.92 Å². The molecule has 0 fully saturated rings. The van der Waals surface area contributed by atoms with Gasteiger partial charge in [0.05, 0.1) is 12.8 Å². The van der Waals surface area contributed by atoms with E-state index >= 15 is 0 Å². The molecule has 0 aliphatic heterocycles. The average Bonchev–Trinajstić information content (AvgIpc) is 2.49. The molecule has 21 heavy (non-hydrogen) atoms. The van der Waals surface area contributed by atoms with Crippen molar-refractivity contribution in [2.45, 2.75) is 13.0 Å². The lowest BCUT2D eigenvalue weighted by Crippen LogP contribution is -2.24. The Bertz CT molecular complexity index is 643. The summed E-state index contributed by atoms with van der Waals surface area (Å²) in [5, 5.41) is 10.00. The van der Waals surface area contributed by atoms with Gasteiger partial charge < -0.3 is 14.6 Å². The van der Waals surface area contributed by atoms with Gasteiger partial charge in [-0.1, -0.05) is 0 Å². The maximum absolute atomic E-state index is 11.3. The molecule has 0 aliphatic carbocycles. The highest BCUT2D eigenvalue weighted by Crippen LogP contribution is 2.31. The molecule has 5 nitrogen and oxygen atoms in total. The smallest absolute Gasteiger partial charge is 0.346 e. The second-order valence-corrected chi connectivity index (χ2v) is 5.24. The third-order valence-electron chi connectivity index (χ3n) is 2.82. The molecule has 1 atom stereocenters. The quantitative estimate of drug-likeness (QED) is 0.856. The third-order valence-corrected chi connectivity index (χ3v) is 3.29. The Morgan fingerprint density at radius 1 is 1.33 bits per heavy atom. The molecule has 1 aromatic carbocycles. The molecule has 2 aromatic rings. The van der Waals surface area contributed by atoms with Crippen LogP contribution < -0.4 is 4.74 Å². The van der Waals surface area contributed by atoms with Crippen molar-refractivity contribution >= 4 is 21.9 Å². The maximum atomic E-state index is 11.3. The summed E-state index contributed by atoms with van der Waals surface area (Å²) in [5.74, 6) is -0.352. The Labute approximate surface area is 130 Å². The van der Waals surface area contributed by atoms with Crippen LogP contribution in [0.25, 0.3) is 11.3 Å². The first-order chi connectivity index (χ1) is 10.0. The Morgan fingerprint density at radius 2 is 2.10 bits per heavy atom. The van der Waals surface area contributed by atoms with Gasteiger partial charge in [-0.05, 0) is 53.2 Å². The van der Waals surface area contributed by atoms with Crippen LogP contribution in [0.15, 0.2) is 41.0 Å². The Kier molecular flexibility index (Phi) is 4.80. The molecule has 1 N–H and O–H groups in total. The van der Waals surface area contributed by atoms with E-state index in [4.69, 9.17) is 4.74 Å². The van der Waals surface area contributed by atoms with Gasteiger partial charge in [-0.2, -0.15) is 0 Å². The van der Waals surface area contributed by atoms with Crippen molar-refractivity contribution in [2.24, 2.45) is 0 Å². The molecule has 0 aliphatic rings. The summed E-state index contributed by atoms with van der Waals surface area (Å²) in [5.41, 5.74) is 1.47. The number of halogens is 1. The van der Waals surface area contributed by atoms with Gasteiger partial charge in [-0.15, -0.1) is 0 Å². The molecule has 0 bridgehead atoms. The number of carbonyl (C=O) groups is 1. The first kappa shape index (κ1) is 15.3. The van der Waals surface area contributed by atoms with Gasteiger partial charge in [0, 0.05) is 16.2 Å². The predicted molar refractivity (Wildman–Crippen MR) is 81.1 cm³/mol. The van der Waals surface area contributed by atoms with Gasteiger partial charge in [-0.3, -0.25) is 4.98 Å². The van der Waals surface area contributed by atoms with Crippen LogP contribution in [0.5, 0.6) is 11.5 Å². The molecular formula is C15H14BrNO4. The molecule has 0 saturated carbocycles. The fraction of sp³-hybridized carbons (Fsp3) is 0.200. The van der Waals surface area contributed by atoms with Crippen LogP contribution in [0.2, 0.25) is 0 Å². The van der Waals surface area contributed by atoms with Crippen molar-refractivity contribution in [3.8, 4) is 22.8 Å². The molecule has 110 valence electrons. The van der Waals surface area contributed by atoms with Crippen molar-refractivity contribution in [2.75, 3.05) is 7.11 Å². The minimum atomic E-state index is -0.794. The van der Waals surface area contributed by atoms with E-state index in [1.54, 1.807) is 25.3 Å². The van der Waals surface area contributed by atoms with Gasteiger partial charge in [0.1, 0.15) is 0 Å². The van der Waals surface area contributed by atoms with E-state index in [9.17, 15) is 9.90 Å². The van der Waals surface area contributed by atoms with Crippen LogP contribution in [0.4, 0.5) is 0 Å². The second-order valence-electron chi connectivity index (χ2n) is 4.33. The number of rotatable bonds is 4. The van der Waals surface area contributed by atoms with Gasteiger partial charge in [0.15, 0.2) is 17.6 Å². The lowest BCUT2D eigenvalue weighted by atomic mass is 10.1. The van der Waals surface area contributed by atoms with E-state index in [0.717, 1.165) is 15.7 Å². The number of phenolic OH excluding ortho intramolecular Hbond substituents is 1. The molecule has 0 radical (unpaired) electrons. The van der Waals surface area contributed by atoms with Crippen molar-refractivity contribution < 1.29 is 19.4 Å². The summed E-state index contributed by atoms with van der Waals surface area (Å²) in [6.07, 6.45) is 0.883. The Hall–Kier alpha value is -2.08. The number of aromatic nitrogens is 1. The standard InChI is InChI=1S/C15H14BrNO4/c1-9(15(19)20-2)21-14-6-3-10(7-13(14)18)12-5-4-11(16)8-17-12/h3-9,18H,1-2H3. The van der Waals surface area contributed by atoms with Crippen LogP contribution in [-0.2, 0) is 9.53 Å². The summed E-state index contributed by atoms with van der Waals surface area (Å²) < 4.78 is 10.8. The highest BCUT2D eigenvalue weighted by Gasteiger charge is 2.17. The highest BCUT2D eigenvalue weighted by atomic mass is 79.9. The van der Waals surface area contributed by atoms with Gasteiger partial charge in [-0.25, -0.2) is 4.79 Å². The van der Waals surface area contributed by atoms with E-state index in [2.05, 4.69) is 25.7 Å². The largest absolute Gasteiger partial charge is 0.504 e. The van der Waals surface area contributed by atoms with E-state index in [1.807, 2.05) is 12.1 Å². The zero-order valence-electron chi connectivity index (χ0n) is 11.5. The fourth-order valence-electron chi connectivity index (χ4n) is 1.73. The molecule has 2 rings (SSSR count). The monoisotopic (exact) mass is 351 g/mol. The lowest BCUT2D eigenvalue weighted by Gasteiger charge is -2.14. The van der Waals surface area contributed by atoms with Crippen LogP contribution in [0.3, 0.4) is 0 Å². The van der Waals surface area contributed by atoms with Crippen LogP contribution in [-0.4, -0.2) is 29.3 Å². The van der Waals surface area contributed by atoms with Gasteiger partial charge >= 0.3 is 5.97 Å². The maximum Gasteiger partial charge on any atom is 0.346 e. The lowest BCUT2D eigenvalue weighted by molar-refractivity contribution is -0.147. The average molecular weight is 352 g/mol. The number of ether oxygens (including phenoxy) is 2. The van der Waals surface area contributed by atoms with E-state index in [1.165, 1.54) is 13.2 Å². The summed E-state index contributed by atoms with van der Waals surface area (Å²) in [6.45, 7) is 1.55. The Morgan fingerprint density at radius 3 is 2.67 bits per heavy atom. The minimum absolute atomic E-state index is 0.0621. The molecule has 0 saturated heterocycles. The number of benzene rings is 1. The minimum Gasteiger partial charge on any atom is -0.504 e. The molecule has 6 heteroatoms. The normalized spacial score (nSPS) is 11.8. The second kappa shape index (κ2) is 6.58. The number of esters is 1. The molecule has 0 spiro atoms. The van der Waals surface area contributed by atoms with Crippen LogP contribution in [0, 0.1) is 0 Å².